The minimum Gasteiger partial charge on any atom is -0.481 e. The second-order valence-electron chi connectivity index (χ2n) is 3.68. The molecule has 0 saturated carbocycles. The van der Waals surface area contributed by atoms with Crippen molar-refractivity contribution in [2.45, 2.75) is 24.3 Å². The molecule has 0 aromatic heterocycles. The number of benzene rings is 1. The zero-order valence-electron chi connectivity index (χ0n) is 9.15. The fourth-order valence-electron chi connectivity index (χ4n) is 1.27. The number of hydrogen-bond donors (Lipinski definition) is 1. The molecule has 0 saturated heterocycles. The van der Waals surface area contributed by atoms with E-state index in [1.54, 1.807) is 6.92 Å². The normalized spacial score (nSPS) is 14.3. The number of halogens is 2. The molecule has 0 bridgehead atoms. The number of carboxylic acids is 1. The standard InChI is InChI=1S/C11H12F2O3S/c1-7(4-11(14)15)17(16)6-8-2-3-9(12)10(13)5-8/h2-3,5,7H,4,6H2,1H3,(H,14,15). The first-order valence-corrected chi connectivity index (χ1v) is 6.31. The van der Waals surface area contributed by atoms with Gasteiger partial charge in [0.25, 0.3) is 0 Å². The number of rotatable bonds is 5. The van der Waals surface area contributed by atoms with Crippen LogP contribution in [0, 0.1) is 11.6 Å². The van der Waals surface area contributed by atoms with Crippen LogP contribution in [0.2, 0.25) is 0 Å². The Morgan fingerprint density at radius 3 is 2.59 bits per heavy atom. The van der Waals surface area contributed by atoms with Gasteiger partial charge in [0.05, 0.1) is 6.42 Å². The Morgan fingerprint density at radius 2 is 2.06 bits per heavy atom. The van der Waals surface area contributed by atoms with Crippen LogP contribution in [0.25, 0.3) is 0 Å². The summed E-state index contributed by atoms with van der Waals surface area (Å²) >= 11 is 0. The second kappa shape index (κ2) is 5.86. The van der Waals surface area contributed by atoms with Gasteiger partial charge in [0.1, 0.15) is 0 Å². The van der Waals surface area contributed by atoms with Crippen molar-refractivity contribution in [2.24, 2.45) is 0 Å². The van der Waals surface area contributed by atoms with Crippen LogP contribution in [0.5, 0.6) is 0 Å². The third-order valence-electron chi connectivity index (χ3n) is 2.20. The highest BCUT2D eigenvalue weighted by Gasteiger charge is 2.15. The van der Waals surface area contributed by atoms with Gasteiger partial charge in [-0.3, -0.25) is 9.00 Å². The van der Waals surface area contributed by atoms with E-state index in [9.17, 15) is 17.8 Å². The van der Waals surface area contributed by atoms with Crippen molar-refractivity contribution in [3.8, 4) is 0 Å². The quantitative estimate of drug-likeness (QED) is 0.883. The van der Waals surface area contributed by atoms with Crippen LogP contribution >= 0.6 is 0 Å². The molecular formula is C11H12F2O3S. The molecular weight excluding hydrogens is 250 g/mol. The van der Waals surface area contributed by atoms with Gasteiger partial charge in [0.15, 0.2) is 11.6 Å². The first-order chi connectivity index (χ1) is 7.90. The maximum atomic E-state index is 12.9. The Balaban J connectivity index is 2.67. The molecule has 1 aromatic rings. The van der Waals surface area contributed by atoms with Gasteiger partial charge in [0, 0.05) is 21.8 Å². The Kier molecular flexibility index (Phi) is 4.74. The predicted octanol–water partition coefficient (Wildman–Crippen LogP) is 2.08. The fourth-order valence-corrected chi connectivity index (χ4v) is 2.40. The minimum absolute atomic E-state index is 0.0195. The van der Waals surface area contributed by atoms with Crippen LogP contribution < -0.4 is 0 Å². The summed E-state index contributed by atoms with van der Waals surface area (Å²) in [6.45, 7) is 1.55. The molecule has 94 valence electrons. The van der Waals surface area contributed by atoms with Crippen molar-refractivity contribution < 1.29 is 22.9 Å². The molecule has 0 aliphatic heterocycles. The van der Waals surface area contributed by atoms with Gasteiger partial charge >= 0.3 is 5.97 Å². The van der Waals surface area contributed by atoms with Gasteiger partial charge < -0.3 is 5.11 Å². The molecule has 0 heterocycles. The highest BCUT2D eigenvalue weighted by atomic mass is 32.2. The number of carbonyl (C=O) groups is 1. The third kappa shape index (κ3) is 4.22. The van der Waals surface area contributed by atoms with Crippen molar-refractivity contribution >= 4 is 16.8 Å². The van der Waals surface area contributed by atoms with E-state index in [0.717, 1.165) is 12.1 Å². The molecule has 0 spiro atoms. The van der Waals surface area contributed by atoms with Gasteiger partial charge in [-0.05, 0) is 17.7 Å². The first kappa shape index (κ1) is 13.8. The van der Waals surface area contributed by atoms with Crippen LogP contribution in [0.1, 0.15) is 18.9 Å². The SMILES string of the molecule is CC(CC(=O)O)S(=O)Cc1ccc(F)c(F)c1. The second-order valence-corrected chi connectivity index (χ2v) is 5.54. The van der Waals surface area contributed by atoms with Crippen LogP contribution in [-0.4, -0.2) is 20.5 Å². The molecule has 1 aromatic carbocycles. The zero-order valence-corrected chi connectivity index (χ0v) is 9.97. The van der Waals surface area contributed by atoms with Crippen molar-refractivity contribution in [2.75, 3.05) is 0 Å². The van der Waals surface area contributed by atoms with Crippen molar-refractivity contribution in [3.63, 3.8) is 0 Å². The lowest BCUT2D eigenvalue weighted by Gasteiger charge is -2.09. The van der Waals surface area contributed by atoms with Gasteiger partial charge in [0.2, 0.25) is 0 Å². The summed E-state index contributed by atoms with van der Waals surface area (Å²) in [5.74, 6) is -2.97. The molecule has 0 aliphatic rings. The summed E-state index contributed by atoms with van der Waals surface area (Å²) < 4.78 is 37.2. The Hall–Kier alpha value is -1.30. The van der Waals surface area contributed by atoms with Crippen molar-refractivity contribution in [1.29, 1.82) is 0 Å². The van der Waals surface area contributed by atoms with Crippen molar-refractivity contribution in [3.05, 3.63) is 35.4 Å². The van der Waals surface area contributed by atoms with Gasteiger partial charge in [-0.2, -0.15) is 0 Å². The topological polar surface area (TPSA) is 54.4 Å². The molecule has 6 heteroatoms. The van der Waals surface area contributed by atoms with Gasteiger partial charge in [-0.15, -0.1) is 0 Å². The Bertz CT molecular complexity index is 448. The maximum Gasteiger partial charge on any atom is 0.304 e. The molecule has 2 atom stereocenters. The minimum atomic E-state index is -1.42. The lowest BCUT2D eigenvalue weighted by Crippen LogP contribution is -2.17. The van der Waals surface area contributed by atoms with Gasteiger partial charge in [-0.1, -0.05) is 13.0 Å². The molecule has 2 unspecified atom stereocenters. The molecule has 17 heavy (non-hydrogen) atoms. The van der Waals surface area contributed by atoms with Gasteiger partial charge in [-0.25, -0.2) is 8.78 Å². The van der Waals surface area contributed by atoms with E-state index >= 15 is 0 Å². The van der Waals surface area contributed by atoms with Crippen LogP contribution in [-0.2, 0) is 21.3 Å². The van der Waals surface area contributed by atoms with Crippen LogP contribution in [0.15, 0.2) is 18.2 Å². The predicted molar refractivity (Wildman–Crippen MR) is 59.9 cm³/mol. The van der Waals surface area contributed by atoms with E-state index in [0.29, 0.717) is 5.56 Å². The average Bonchev–Trinajstić information content (AvgIpc) is 2.22. The number of hydrogen-bond acceptors (Lipinski definition) is 2. The molecule has 0 amide bonds. The number of aliphatic carboxylic acids is 1. The largest absolute Gasteiger partial charge is 0.481 e. The summed E-state index contributed by atoms with van der Waals surface area (Å²) in [5, 5.41) is 8.01. The molecule has 0 fully saturated rings. The average molecular weight is 262 g/mol. The summed E-state index contributed by atoms with van der Waals surface area (Å²) in [4.78, 5) is 10.4. The van der Waals surface area contributed by atoms with Crippen LogP contribution in [0.4, 0.5) is 8.78 Å². The summed E-state index contributed by atoms with van der Waals surface area (Å²) in [5.41, 5.74) is 0.388. The fraction of sp³-hybridized carbons (Fsp3) is 0.364. The summed E-state index contributed by atoms with van der Waals surface area (Å²) in [7, 11) is -1.42. The van der Waals surface area contributed by atoms with E-state index in [4.69, 9.17) is 5.11 Å². The monoisotopic (exact) mass is 262 g/mol. The van der Waals surface area contributed by atoms with E-state index in [1.807, 2.05) is 0 Å². The highest BCUT2D eigenvalue weighted by molar-refractivity contribution is 7.84. The molecule has 0 radical (unpaired) electrons. The van der Waals surface area contributed by atoms with Crippen molar-refractivity contribution in [1.82, 2.24) is 0 Å². The maximum absolute atomic E-state index is 12.9. The van der Waals surface area contributed by atoms with Crippen LogP contribution in [0.3, 0.4) is 0 Å². The highest BCUT2D eigenvalue weighted by Crippen LogP contribution is 2.13. The molecule has 3 nitrogen and oxygen atoms in total. The van der Waals surface area contributed by atoms with E-state index in [2.05, 4.69) is 0 Å². The van der Waals surface area contributed by atoms with E-state index < -0.39 is 33.7 Å². The van der Waals surface area contributed by atoms with E-state index in [-0.39, 0.29) is 12.2 Å². The number of carboxylic acid groups (broad SMARTS) is 1. The van der Waals surface area contributed by atoms with E-state index in [1.165, 1.54) is 6.07 Å². The summed E-state index contributed by atoms with van der Waals surface area (Å²) in [6, 6.07) is 3.27. The Labute approximate surface area is 99.9 Å². The first-order valence-electron chi connectivity index (χ1n) is 4.93. The lowest BCUT2D eigenvalue weighted by molar-refractivity contribution is -0.136. The molecule has 1 rings (SSSR count). The summed E-state index contributed by atoms with van der Waals surface area (Å²) in [6.07, 6.45) is -0.212. The molecule has 0 aliphatic carbocycles. The Morgan fingerprint density at radius 1 is 1.41 bits per heavy atom. The third-order valence-corrected chi connectivity index (χ3v) is 3.89. The molecule has 1 N–H and O–H groups in total. The zero-order chi connectivity index (χ0) is 13.0. The smallest absolute Gasteiger partial charge is 0.304 e. The lowest BCUT2D eigenvalue weighted by atomic mass is 10.2.